The summed E-state index contributed by atoms with van der Waals surface area (Å²) in [5.74, 6) is -0.816. The highest BCUT2D eigenvalue weighted by atomic mass is 19.4. The molecule has 140 valence electrons. The minimum atomic E-state index is -4.65. The Morgan fingerprint density at radius 3 is 1.38 bits per heavy atom. The van der Waals surface area contributed by atoms with Crippen molar-refractivity contribution in [2.45, 2.75) is 26.2 Å². The average Bonchev–Trinajstić information content (AvgIpc) is 2.49. The van der Waals surface area contributed by atoms with Crippen molar-refractivity contribution < 1.29 is 40.6 Å². The monoisotopic (exact) mass is 378 g/mol. The van der Waals surface area contributed by atoms with Gasteiger partial charge in [-0.25, -0.2) is 4.79 Å². The minimum absolute atomic E-state index is 0.349. The maximum Gasteiger partial charge on any atom is 0.519 e. The Morgan fingerprint density at radius 1 is 0.731 bits per heavy atom. The molecule has 0 amide bonds. The number of hydrogen-bond acceptors (Lipinski definition) is 3. The zero-order chi connectivity index (χ0) is 19.7. The third kappa shape index (κ3) is 4.27. The first-order chi connectivity index (χ1) is 11.9. The van der Waals surface area contributed by atoms with Crippen LogP contribution in [0.3, 0.4) is 0 Å². The zero-order valence-electron chi connectivity index (χ0n) is 13.5. The van der Waals surface area contributed by atoms with Crippen molar-refractivity contribution >= 4 is 6.16 Å². The van der Waals surface area contributed by atoms with Gasteiger partial charge in [-0.05, 0) is 38.1 Å². The lowest BCUT2D eigenvalue weighted by atomic mass is 10.1. The molecule has 0 unspecified atom stereocenters. The highest BCUT2D eigenvalue weighted by molar-refractivity contribution is 5.68. The quantitative estimate of drug-likeness (QED) is 0.370. The van der Waals surface area contributed by atoms with Crippen LogP contribution in [0.2, 0.25) is 0 Å². The number of benzene rings is 2. The lowest BCUT2D eigenvalue weighted by molar-refractivity contribution is -0.138. The predicted octanol–water partition coefficient (Wildman–Crippen LogP) is 5.92. The second-order valence-corrected chi connectivity index (χ2v) is 5.31. The fourth-order valence-electron chi connectivity index (χ4n) is 2.26. The van der Waals surface area contributed by atoms with Crippen molar-refractivity contribution in [3.63, 3.8) is 0 Å². The zero-order valence-corrected chi connectivity index (χ0v) is 13.5. The average molecular weight is 378 g/mol. The summed E-state index contributed by atoms with van der Waals surface area (Å²) < 4.78 is 86.5. The fraction of sp³-hybridized carbons (Fsp3) is 0.235. The molecular weight excluding hydrogens is 366 g/mol. The van der Waals surface area contributed by atoms with Crippen LogP contribution in [0.25, 0.3) is 0 Å². The topological polar surface area (TPSA) is 35.5 Å². The van der Waals surface area contributed by atoms with E-state index in [9.17, 15) is 31.1 Å². The summed E-state index contributed by atoms with van der Waals surface area (Å²) in [6, 6.07) is 5.92. The van der Waals surface area contributed by atoms with Crippen LogP contribution >= 0.6 is 0 Å². The van der Waals surface area contributed by atoms with Crippen LogP contribution in [-0.2, 0) is 12.4 Å². The molecule has 2 rings (SSSR count). The van der Waals surface area contributed by atoms with E-state index in [0.29, 0.717) is 0 Å². The molecule has 0 aliphatic rings. The Balaban J connectivity index is 2.24. The molecular formula is C17H12F6O3. The van der Waals surface area contributed by atoms with Crippen molar-refractivity contribution in [2.24, 2.45) is 0 Å². The van der Waals surface area contributed by atoms with E-state index in [2.05, 4.69) is 0 Å². The number of ether oxygens (including phenoxy) is 2. The van der Waals surface area contributed by atoms with Gasteiger partial charge in [-0.15, -0.1) is 0 Å². The maximum atomic E-state index is 12.8. The number of rotatable bonds is 2. The van der Waals surface area contributed by atoms with E-state index in [0.717, 1.165) is 50.2 Å². The van der Waals surface area contributed by atoms with Gasteiger partial charge >= 0.3 is 18.5 Å². The van der Waals surface area contributed by atoms with E-state index < -0.39 is 41.1 Å². The Hall–Kier alpha value is -2.71. The summed E-state index contributed by atoms with van der Waals surface area (Å²) in [6.45, 7) is 2.20. The molecule has 0 bridgehead atoms. The summed E-state index contributed by atoms with van der Waals surface area (Å²) in [5, 5.41) is 0. The van der Waals surface area contributed by atoms with Crippen molar-refractivity contribution in [1.29, 1.82) is 0 Å². The summed E-state index contributed by atoms with van der Waals surface area (Å²) >= 11 is 0. The smallest absolute Gasteiger partial charge is 0.394 e. The fourth-order valence-corrected chi connectivity index (χ4v) is 2.26. The number of carbonyl (C=O) groups excluding carboxylic acids is 1. The number of hydrogen-bond donors (Lipinski definition) is 0. The third-order valence-electron chi connectivity index (χ3n) is 3.57. The van der Waals surface area contributed by atoms with Crippen LogP contribution in [0.5, 0.6) is 11.5 Å². The van der Waals surface area contributed by atoms with Crippen molar-refractivity contribution in [2.75, 3.05) is 0 Å². The van der Waals surface area contributed by atoms with Crippen LogP contribution in [-0.4, -0.2) is 6.16 Å². The van der Waals surface area contributed by atoms with Gasteiger partial charge in [0.1, 0.15) is 11.5 Å². The van der Waals surface area contributed by atoms with Gasteiger partial charge in [-0.2, -0.15) is 26.3 Å². The maximum absolute atomic E-state index is 12.8. The van der Waals surface area contributed by atoms with Gasteiger partial charge in [0.25, 0.3) is 0 Å². The molecule has 0 N–H and O–H groups in total. The standard InChI is InChI=1S/C17H12F6O3/c1-9-11(16(18,19)20)5-3-7-13(9)25-15(24)26-14-8-4-6-12(10(14)2)17(21,22)23/h3-8H,1-2H3. The lowest BCUT2D eigenvalue weighted by Crippen LogP contribution is -2.17. The van der Waals surface area contributed by atoms with E-state index in [-0.39, 0.29) is 11.1 Å². The molecule has 2 aromatic carbocycles. The largest absolute Gasteiger partial charge is 0.519 e. The first-order valence-electron chi connectivity index (χ1n) is 7.14. The molecule has 0 aliphatic carbocycles. The SMILES string of the molecule is Cc1c(OC(=O)Oc2cccc(C(F)(F)F)c2C)cccc1C(F)(F)F. The van der Waals surface area contributed by atoms with Crippen LogP contribution in [0.15, 0.2) is 36.4 Å². The first kappa shape index (κ1) is 19.6. The van der Waals surface area contributed by atoms with Gasteiger partial charge in [0.15, 0.2) is 0 Å². The highest BCUT2D eigenvalue weighted by Crippen LogP contribution is 2.37. The highest BCUT2D eigenvalue weighted by Gasteiger charge is 2.34. The molecule has 0 saturated heterocycles. The van der Waals surface area contributed by atoms with E-state index in [1.54, 1.807) is 0 Å². The minimum Gasteiger partial charge on any atom is -0.394 e. The predicted molar refractivity (Wildman–Crippen MR) is 79.0 cm³/mol. The molecule has 0 radical (unpaired) electrons. The molecule has 26 heavy (non-hydrogen) atoms. The van der Waals surface area contributed by atoms with E-state index >= 15 is 0 Å². The summed E-state index contributed by atoms with van der Waals surface area (Å²) in [4.78, 5) is 11.8. The van der Waals surface area contributed by atoms with Gasteiger partial charge in [-0.1, -0.05) is 12.1 Å². The molecule has 0 aliphatic heterocycles. The van der Waals surface area contributed by atoms with Crippen LogP contribution < -0.4 is 9.47 Å². The summed E-state index contributed by atoms with van der Waals surface area (Å²) in [6.07, 6.45) is -10.7. The second kappa shape index (κ2) is 6.89. The summed E-state index contributed by atoms with van der Waals surface area (Å²) in [5.41, 5.74) is -2.70. The second-order valence-electron chi connectivity index (χ2n) is 5.31. The number of alkyl halides is 6. The van der Waals surface area contributed by atoms with Gasteiger partial charge in [0.05, 0.1) is 11.1 Å². The molecule has 9 heteroatoms. The number of carbonyl (C=O) groups is 1. The molecule has 2 aromatic rings. The van der Waals surface area contributed by atoms with Gasteiger partial charge < -0.3 is 9.47 Å². The number of halogens is 6. The van der Waals surface area contributed by atoms with E-state index in [4.69, 9.17) is 9.47 Å². The van der Waals surface area contributed by atoms with Gasteiger partial charge in [0.2, 0.25) is 0 Å². The van der Waals surface area contributed by atoms with Crippen molar-refractivity contribution in [3.05, 3.63) is 58.7 Å². The molecule has 0 spiro atoms. The molecule has 0 atom stereocenters. The molecule has 3 nitrogen and oxygen atoms in total. The molecule has 0 saturated carbocycles. The molecule has 0 fully saturated rings. The third-order valence-corrected chi connectivity index (χ3v) is 3.57. The Morgan fingerprint density at radius 2 is 1.08 bits per heavy atom. The van der Waals surface area contributed by atoms with E-state index in [1.807, 2.05) is 0 Å². The van der Waals surface area contributed by atoms with Crippen molar-refractivity contribution in [1.82, 2.24) is 0 Å². The van der Waals surface area contributed by atoms with Crippen LogP contribution in [0, 0.1) is 13.8 Å². The van der Waals surface area contributed by atoms with Crippen molar-refractivity contribution in [3.8, 4) is 11.5 Å². The molecule has 0 heterocycles. The van der Waals surface area contributed by atoms with Gasteiger partial charge in [-0.3, -0.25) is 0 Å². The normalized spacial score (nSPS) is 12.0. The Bertz CT molecular complexity index is 757. The Labute approximate surface area is 144 Å². The van der Waals surface area contributed by atoms with Gasteiger partial charge in [0, 0.05) is 11.1 Å². The lowest BCUT2D eigenvalue weighted by Gasteiger charge is -2.15. The van der Waals surface area contributed by atoms with Crippen LogP contribution in [0.4, 0.5) is 31.1 Å². The van der Waals surface area contributed by atoms with Crippen LogP contribution in [0.1, 0.15) is 22.3 Å². The Kier molecular flexibility index (Phi) is 5.20. The molecule has 0 aromatic heterocycles. The first-order valence-corrected chi connectivity index (χ1v) is 7.14. The summed E-state index contributed by atoms with van der Waals surface area (Å²) in [7, 11) is 0. The van der Waals surface area contributed by atoms with E-state index in [1.165, 1.54) is 0 Å².